The lowest BCUT2D eigenvalue weighted by Gasteiger charge is -2.34. The van der Waals surface area contributed by atoms with Crippen molar-refractivity contribution in [3.63, 3.8) is 0 Å². The number of sulfonamides is 1. The van der Waals surface area contributed by atoms with Crippen molar-refractivity contribution in [1.29, 1.82) is 0 Å². The maximum Gasteiger partial charge on any atom is 0.573 e. The first-order chi connectivity index (χ1) is 18.9. The zero-order valence-electron chi connectivity index (χ0n) is 21.9. The number of carboxylic acids is 1. The smallest absolute Gasteiger partial charge is 0.573 e. The summed E-state index contributed by atoms with van der Waals surface area (Å²) in [6.45, 7) is 5.42. The molecular formula is C28H31F3N3O5S-. The molecule has 1 heterocycles. The van der Waals surface area contributed by atoms with Crippen molar-refractivity contribution >= 4 is 21.7 Å². The van der Waals surface area contributed by atoms with Gasteiger partial charge in [0.1, 0.15) is 5.75 Å². The molecule has 1 saturated heterocycles. The maximum atomic E-state index is 12.4. The number of alkyl halides is 3. The van der Waals surface area contributed by atoms with Crippen LogP contribution < -0.4 is 4.74 Å². The van der Waals surface area contributed by atoms with Crippen molar-refractivity contribution in [2.75, 3.05) is 31.9 Å². The van der Waals surface area contributed by atoms with Crippen LogP contribution in [0.5, 0.6) is 5.75 Å². The Labute approximate surface area is 231 Å². The van der Waals surface area contributed by atoms with E-state index in [0.717, 1.165) is 25.7 Å². The molecule has 1 aliphatic rings. The number of rotatable bonds is 8. The average molecular weight is 579 g/mol. The van der Waals surface area contributed by atoms with E-state index in [4.69, 9.17) is 10.8 Å². The second kappa shape index (κ2) is 13.6. The van der Waals surface area contributed by atoms with E-state index in [1.54, 1.807) is 46.8 Å². The van der Waals surface area contributed by atoms with Crippen LogP contribution >= 0.6 is 0 Å². The van der Waals surface area contributed by atoms with Gasteiger partial charge in [-0.3, -0.25) is 4.90 Å². The number of ether oxygens (including phenoxy) is 1. The molecule has 40 heavy (non-hydrogen) atoms. The number of halogens is 3. The maximum absolute atomic E-state index is 12.4. The number of nitrogens with zero attached hydrogens (tertiary/aromatic N) is 2. The third-order valence-electron chi connectivity index (χ3n) is 6.09. The van der Waals surface area contributed by atoms with E-state index < -0.39 is 28.1 Å². The largest absolute Gasteiger partial charge is 0.699 e. The van der Waals surface area contributed by atoms with Gasteiger partial charge in [-0.05, 0) is 35.7 Å². The average Bonchev–Trinajstić information content (AvgIpc) is 2.90. The Morgan fingerprint density at radius 2 is 1.60 bits per heavy atom. The quantitative estimate of drug-likeness (QED) is 0.342. The molecule has 0 aromatic heterocycles. The third kappa shape index (κ3) is 9.25. The molecule has 0 aliphatic carbocycles. The lowest BCUT2D eigenvalue weighted by atomic mass is 10.0. The SMILES string of the molecule is CCCS(=O)(=O)N1CCN(Cc2ccc([NH-])cc2)CC1.O=C(O)c1ccc(-c2ccccc2)c(OC(F)(F)F)c1. The molecule has 0 spiro atoms. The summed E-state index contributed by atoms with van der Waals surface area (Å²) in [5, 5.41) is 8.83. The zero-order valence-corrected chi connectivity index (χ0v) is 22.7. The van der Waals surface area contributed by atoms with Crippen LogP contribution in [0.4, 0.5) is 18.9 Å². The van der Waals surface area contributed by atoms with E-state index in [0.29, 0.717) is 30.8 Å². The molecule has 1 fully saturated rings. The van der Waals surface area contributed by atoms with Crippen molar-refractivity contribution in [3.05, 3.63) is 89.7 Å². The zero-order chi connectivity index (χ0) is 29.3. The molecule has 8 nitrogen and oxygen atoms in total. The number of hydrogen-bond donors (Lipinski definition) is 1. The van der Waals surface area contributed by atoms with Gasteiger partial charge in [0.05, 0.1) is 11.3 Å². The van der Waals surface area contributed by atoms with Gasteiger partial charge in [0.15, 0.2) is 0 Å². The van der Waals surface area contributed by atoms with Gasteiger partial charge in [-0.15, -0.1) is 18.9 Å². The number of carbonyl (C=O) groups is 1. The van der Waals surface area contributed by atoms with E-state index in [2.05, 4.69) is 9.64 Å². The lowest BCUT2D eigenvalue weighted by Crippen LogP contribution is -2.48. The minimum atomic E-state index is -4.89. The predicted octanol–water partition coefficient (Wildman–Crippen LogP) is 6.18. The predicted molar refractivity (Wildman–Crippen MR) is 147 cm³/mol. The van der Waals surface area contributed by atoms with E-state index in [1.165, 1.54) is 17.7 Å². The molecule has 0 atom stereocenters. The van der Waals surface area contributed by atoms with Crippen LogP contribution in [0.15, 0.2) is 72.8 Å². The Hall–Kier alpha value is -3.61. The Morgan fingerprint density at radius 3 is 2.15 bits per heavy atom. The molecule has 12 heteroatoms. The van der Waals surface area contributed by atoms with Crippen LogP contribution in [0.1, 0.15) is 29.3 Å². The minimum Gasteiger partial charge on any atom is -0.699 e. The molecular weight excluding hydrogens is 547 g/mol. The summed E-state index contributed by atoms with van der Waals surface area (Å²) in [5.74, 6) is -1.61. The molecule has 1 aliphatic heterocycles. The summed E-state index contributed by atoms with van der Waals surface area (Å²) < 4.78 is 66.7. The number of piperazine rings is 1. The molecule has 0 bridgehead atoms. The summed E-state index contributed by atoms with van der Waals surface area (Å²) >= 11 is 0. The lowest BCUT2D eigenvalue weighted by molar-refractivity contribution is -0.274. The Balaban J connectivity index is 0.000000220. The third-order valence-corrected chi connectivity index (χ3v) is 8.16. The first-order valence-electron chi connectivity index (χ1n) is 12.6. The summed E-state index contributed by atoms with van der Waals surface area (Å²) in [7, 11) is -3.05. The highest BCUT2D eigenvalue weighted by Gasteiger charge is 2.32. The van der Waals surface area contributed by atoms with Gasteiger partial charge >= 0.3 is 12.3 Å². The van der Waals surface area contributed by atoms with Gasteiger partial charge in [0, 0.05) is 38.3 Å². The van der Waals surface area contributed by atoms with E-state index in [-0.39, 0.29) is 16.9 Å². The Bertz CT molecular complexity index is 1360. The highest BCUT2D eigenvalue weighted by molar-refractivity contribution is 7.89. The minimum absolute atomic E-state index is 0.174. The van der Waals surface area contributed by atoms with Gasteiger partial charge in [0.2, 0.25) is 10.0 Å². The molecule has 0 saturated carbocycles. The van der Waals surface area contributed by atoms with E-state index in [1.807, 2.05) is 19.1 Å². The highest BCUT2D eigenvalue weighted by atomic mass is 32.2. The second-order valence-electron chi connectivity index (χ2n) is 9.12. The normalized spacial score (nSPS) is 14.7. The molecule has 2 N–H and O–H groups in total. The Morgan fingerprint density at radius 1 is 0.975 bits per heavy atom. The van der Waals surface area contributed by atoms with Crippen LogP contribution in [-0.4, -0.2) is 67.0 Å². The topological polar surface area (TPSA) is 111 Å². The van der Waals surface area contributed by atoms with Gasteiger partial charge in [-0.1, -0.05) is 61.5 Å². The molecule has 3 aromatic carbocycles. The van der Waals surface area contributed by atoms with Crippen LogP contribution in [0, 0.1) is 0 Å². The van der Waals surface area contributed by atoms with Crippen molar-refractivity contribution < 1.29 is 36.2 Å². The molecule has 0 amide bonds. The van der Waals surface area contributed by atoms with Crippen LogP contribution in [0.25, 0.3) is 16.9 Å². The molecule has 3 aromatic rings. The molecule has 216 valence electrons. The standard InChI is InChI=1S/C14H9F3O3.C14H22N3O2S/c15-14(16,17)20-12-8-10(13(18)19)6-7-11(12)9-4-2-1-3-5-9;1-2-11-20(18,19)17-9-7-16(8-10-17)12-13-3-5-14(15)6-4-13/h1-8H,(H,18,19);3-6,15H,2,7-12H2,1H3/q;-1. The fraction of sp³-hybridized carbons (Fsp3) is 0.321. The van der Waals surface area contributed by atoms with Crippen LogP contribution in [0.2, 0.25) is 0 Å². The summed E-state index contributed by atoms with van der Waals surface area (Å²) in [6.07, 6.45) is -4.22. The monoisotopic (exact) mass is 578 g/mol. The summed E-state index contributed by atoms with van der Waals surface area (Å²) in [4.78, 5) is 13.1. The first-order valence-corrected chi connectivity index (χ1v) is 14.2. The van der Waals surface area contributed by atoms with Crippen molar-refractivity contribution in [2.24, 2.45) is 0 Å². The Kier molecular flexibility index (Phi) is 10.5. The fourth-order valence-electron chi connectivity index (χ4n) is 4.14. The number of aromatic carboxylic acids is 1. The second-order valence-corrected chi connectivity index (χ2v) is 11.2. The van der Waals surface area contributed by atoms with Crippen LogP contribution in [-0.2, 0) is 16.6 Å². The van der Waals surface area contributed by atoms with E-state index >= 15 is 0 Å². The van der Waals surface area contributed by atoms with Gasteiger partial charge in [-0.25, -0.2) is 13.2 Å². The van der Waals surface area contributed by atoms with Gasteiger partial charge in [0.25, 0.3) is 0 Å². The number of benzene rings is 3. The first kappa shape index (κ1) is 30.9. The number of hydrogen-bond acceptors (Lipinski definition) is 5. The van der Waals surface area contributed by atoms with Crippen LogP contribution in [0.3, 0.4) is 0 Å². The van der Waals surface area contributed by atoms with Crippen molar-refractivity contribution in [3.8, 4) is 16.9 Å². The van der Waals surface area contributed by atoms with Crippen molar-refractivity contribution in [1.82, 2.24) is 9.21 Å². The number of carboxylic acid groups (broad SMARTS) is 1. The fourth-order valence-corrected chi connectivity index (χ4v) is 5.64. The molecule has 4 rings (SSSR count). The number of nitrogens with one attached hydrogen (secondary N) is 1. The van der Waals surface area contributed by atoms with E-state index in [9.17, 15) is 26.4 Å². The molecule has 0 radical (unpaired) electrons. The van der Waals surface area contributed by atoms with Gasteiger partial charge < -0.3 is 15.6 Å². The summed E-state index contributed by atoms with van der Waals surface area (Å²) in [6, 6.07) is 19.2. The highest BCUT2D eigenvalue weighted by Crippen LogP contribution is 2.34. The van der Waals surface area contributed by atoms with Crippen molar-refractivity contribution in [2.45, 2.75) is 26.3 Å². The van der Waals surface area contributed by atoms with Gasteiger partial charge in [-0.2, -0.15) is 4.31 Å². The molecule has 0 unspecified atom stereocenters. The summed E-state index contributed by atoms with van der Waals surface area (Å²) in [5.41, 5.74) is 9.55.